The first-order valence-electron chi connectivity index (χ1n) is 11.3. The van der Waals surface area contributed by atoms with E-state index >= 15 is 0 Å². The highest BCUT2D eigenvalue weighted by atomic mass is 35.5. The molecule has 2 rings (SSSR count). The number of ether oxygens (including phenoxy) is 1. The van der Waals surface area contributed by atoms with Gasteiger partial charge in [-0.2, -0.15) is 0 Å². The fraction of sp³-hybridized carbons (Fsp3) is 0.440. The highest BCUT2D eigenvalue weighted by Crippen LogP contribution is 2.25. The Morgan fingerprint density at radius 3 is 2.26 bits per heavy atom. The van der Waals surface area contributed by atoms with Crippen LogP contribution in [0.25, 0.3) is 0 Å². The Morgan fingerprint density at radius 2 is 1.74 bits per heavy atom. The Kier molecular flexibility index (Phi) is 9.97. The van der Waals surface area contributed by atoms with E-state index in [4.69, 9.17) is 16.3 Å². The molecule has 0 saturated heterocycles. The van der Waals surface area contributed by atoms with Crippen molar-refractivity contribution in [1.29, 1.82) is 0 Å². The second-order valence-electron chi connectivity index (χ2n) is 8.57. The van der Waals surface area contributed by atoms with Crippen LogP contribution in [0.1, 0.15) is 38.3 Å². The quantitative estimate of drug-likeness (QED) is 0.484. The zero-order valence-electron chi connectivity index (χ0n) is 21.0. The predicted molar refractivity (Wildman–Crippen MR) is 139 cm³/mol. The first-order valence-corrected chi connectivity index (χ1v) is 13.6. The lowest BCUT2D eigenvalue weighted by molar-refractivity contribution is -0.139. The average molecular weight is 524 g/mol. The summed E-state index contributed by atoms with van der Waals surface area (Å²) in [4.78, 5) is 27.8. The number of halogens is 1. The van der Waals surface area contributed by atoms with E-state index in [-0.39, 0.29) is 24.2 Å². The Hall–Kier alpha value is -2.78. The van der Waals surface area contributed by atoms with Gasteiger partial charge in [-0.1, -0.05) is 36.7 Å². The summed E-state index contributed by atoms with van der Waals surface area (Å²) in [6.07, 6.45) is 1.77. The third-order valence-electron chi connectivity index (χ3n) is 5.80. The average Bonchev–Trinajstić information content (AvgIpc) is 2.81. The molecule has 0 aliphatic rings. The fourth-order valence-electron chi connectivity index (χ4n) is 3.33. The van der Waals surface area contributed by atoms with Crippen LogP contribution in [-0.4, -0.2) is 57.1 Å². The minimum absolute atomic E-state index is 0.0647. The predicted octanol–water partition coefficient (Wildman–Crippen LogP) is 3.76. The van der Waals surface area contributed by atoms with Crippen molar-refractivity contribution in [3.8, 4) is 5.75 Å². The van der Waals surface area contributed by atoms with Gasteiger partial charge in [-0.15, -0.1) is 0 Å². The van der Waals surface area contributed by atoms with Crippen molar-refractivity contribution in [2.45, 2.75) is 52.7 Å². The molecule has 1 N–H and O–H groups in total. The summed E-state index contributed by atoms with van der Waals surface area (Å²) in [5, 5.41) is 3.28. The van der Waals surface area contributed by atoms with Gasteiger partial charge in [-0.3, -0.25) is 13.9 Å². The molecular weight excluding hydrogens is 490 g/mol. The molecule has 35 heavy (non-hydrogen) atoms. The number of nitrogens with one attached hydrogen (secondary N) is 1. The van der Waals surface area contributed by atoms with Gasteiger partial charge in [0.05, 0.1) is 19.1 Å². The zero-order valence-corrected chi connectivity index (χ0v) is 22.6. The number of amides is 2. The molecule has 2 atom stereocenters. The van der Waals surface area contributed by atoms with E-state index in [1.807, 2.05) is 13.8 Å². The molecule has 8 nitrogen and oxygen atoms in total. The van der Waals surface area contributed by atoms with Crippen LogP contribution in [0, 0.1) is 6.92 Å². The summed E-state index contributed by atoms with van der Waals surface area (Å²) in [5.74, 6) is -0.172. The van der Waals surface area contributed by atoms with Gasteiger partial charge >= 0.3 is 0 Å². The number of carbonyl (C=O) groups excluding carboxylic acids is 2. The summed E-state index contributed by atoms with van der Waals surface area (Å²) in [6.45, 7) is 6.90. The Labute approximate surface area is 213 Å². The zero-order chi connectivity index (χ0) is 26.3. The summed E-state index contributed by atoms with van der Waals surface area (Å²) in [5.41, 5.74) is 1.83. The minimum atomic E-state index is -3.82. The van der Waals surface area contributed by atoms with E-state index in [2.05, 4.69) is 5.32 Å². The summed E-state index contributed by atoms with van der Waals surface area (Å²) < 4.78 is 31.4. The highest BCUT2D eigenvalue weighted by Gasteiger charge is 2.30. The summed E-state index contributed by atoms with van der Waals surface area (Å²) in [6, 6.07) is 11.0. The Balaban J connectivity index is 2.40. The van der Waals surface area contributed by atoms with E-state index in [0.717, 1.165) is 28.1 Å². The number of carbonyl (C=O) groups is 2. The number of benzene rings is 2. The van der Waals surface area contributed by atoms with Crippen molar-refractivity contribution in [2.75, 3.05) is 24.2 Å². The molecule has 0 aliphatic heterocycles. The molecule has 10 heteroatoms. The number of sulfonamides is 1. The molecule has 2 aromatic carbocycles. The molecule has 0 bridgehead atoms. The second-order valence-corrected chi connectivity index (χ2v) is 10.9. The number of aryl methyl sites for hydroxylation is 1. The second kappa shape index (κ2) is 12.3. The number of hydrogen-bond donors (Lipinski definition) is 1. The molecule has 0 fully saturated rings. The van der Waals surface area contributed by atoms with E-state index in [1.54, 1.807) is 57.4 Å². The number of anilines is 1. The molecule has 2 amide bonds. The van der Waals surface area contributed by atoms with E-state index in [9.17, 15) is 18.0 Å². The van der Waals surface area contributed by atoms with Crippen LogP contribution < -0.4 is 14.4 Å². The van der Waals surface area contributed by atoms with Crippen LogP contribution in [0.2, 0.25) is 5.02 Å². The van der Waals surface area contributed by atoms with Gasteiger partial charge in [0.1, 0.15) is 18.3 Å². The largest absolute Gasteiger partial charge is 0.497 e. The number of hydrogen-bond acceptors (Lipinski definition) is 5. The lowest BCUT2D eigenvalue weighted by Crippen LogP contribution is -2.52. The van der Waals surface area contributed by atoms with Gasteiger partial charge in [0, 0.05) is 17.6 Å². The molecule has 0 spiro atoms. The topological polar surface area (TPSA) is 96.0 Å². The third kappa shape index (κ3) is 7.86. The van der Waals surface area contributed by atoms with E-state index in [1.165, 1.54) is 11.0 Å². The lowest BCUT2D eigenvalue weighted by Gasteiger charge is -2.32. The monoisotopic (exact) mass is 523 g/mol. The maximum atomic E-state index is 13.5. The van der Waals surface area contributed by atoms with Crippen LogP contribution in [-0.2, 0) is 26.2 Å². The minimum Gasteiger partial charge on any atom is -0.497 e. The fourth-order valence-corrected chi connectivity index (χ4v) is 4.34. The van der Waals surface area contributed by atoms with Gasteiger partial charge in [0.2, 0.25) is 21.8 Å². The van der Waals surface area contributed by atoms with Gasteiger partial charge in [-0.25, -0.2) is 8.42 Å². The number of nitrogens with zero attached hydrogens (tertiary/aromatic N) is 2. The molecule has 0 aliphatic carbocycles. The van der Waals surface area contributed by atoms with Gasteiger partial charge in [0.25, 0.3) is 0 Å². The van der Waals surface area contributed by atoms with Crippen molar-refractivity contribution in [1.82, 2.24) is 10.2 Å². The molecule has 0 heterocycles. The maximum absolute atomic E-state index is 13.5. The SMILES string of the molecule is CCC(C)NC(=O)C(C)N(Cc1ccc(OC)cc1)C(=O)CN(c1ccc(C)c(Cl)c1)S(C)(=O)=O. The van der Waals surface area contributed by atoms with Crippen LogP contribution in [0.4, 0.5) is 5.69 Å². The number of methoxy groups -OCH3 is 1. The first-order chi connectivity index (χ1) is 16.4. The Bertz CT molecular complexity index is 1140. The molecule has 0 aromatic heterocycles. The molecule has 2 unspecified atom stereocenters. The molecule has 192 valence electrons. The number of rotatable bonds is 11. The highest BCUT2D eigenvalue weighted by molar-refractivity contribution is 7.92. The Morgan fingerprint density at radius 1 is 1.11 bits per heavy atom. The standard InChI is InChI=1S/C25H34ClN3O5S/c1-7-18(3)27-25(31)19(4)28(15-20-9-12-22(34-5)13-10-20)24(30)16-29(35(6,32)33)21-11-8-17(2)23(26)14-21/h8-14,18-19H,7,15-16H2,1-6H3,(H,27,31). The van der Waals surface area contributed by atoms with Crippen molar-refractivity contribution in [2.24, 2.45) is 0 Å². The van der Waals surface area contributed by atoms with Crippen molar-refractivity contribution in [3.63, 3.8) is 0 Å². The molecule has 2 aromatic rings. The van der Waals surface area contributed by atoms with Crippen LogP contribution in [0.3, 0.4) is 0 Å². The summed E-state index contributed by atoms with van der Waals surface area (Å²) in [7, 11) is -2.26. The first kappa shape index (κ1) is 28.5. The van der Waals surface area contributed by atoms with Crippen molar-refractivity contribution < 1.29 is 22.7 Å². The van der Waals surface area contributed by atoms with Gasteiger partial charge in [-0.05, 0) is 62.6 Å². The normalized spacial score (nSPS) is 13.0. The molecule has 0 radical (unpaired) electrons. The van der Waals surface area contributed by atoms with Crippen molar-refractivity contribution >= 4 is 39.1 Å². The molecular formula is C25H34ClN3O5S. The summed E-state index contributed by atoms with van der Waals surface area (Å²) >= 11 is 6.21. The van der Waals surface area contributed by atoms with Gasteiger partial charge < -0.3 is 15.0 Å². The van der Waals surface area contributed by atoms with Gasteiger partial charge in [0.15, 0.2) is 0 Å². The van der Waals surface area contributed by atoms with E-state index in [0.29, 0.717) is 10.8 Å². The third-order valence-corrected chi connectivity index (χ3v) is 7.35. The maximum Gasteiger partial charge on any atom is 0.244 e. The lowest BCUT2D eigenvalue weighted by atomic mass is 10.1. The van der Waals surface area contributed by atoms with Crippen LogP contribution >= 0.6 is 11.6 Å². The smallest absolute Gasteiger partial charge is 0.244 e. The van der Waals surface area contributed by atoms with E-state index < -0.39 is 28.5 Å². The molecule has 0 saturated carbocycles. The van der Waals surface area contributed by atoms with Crippen molar-refractivity contribution in [3.05, 3.63) is 58.6 Å². The van der Waals surface area contributed by atoms with Crippen LogP contribution in [0.5, 0.6) is 5.75 Å². The van der Waals surface area contributed by atoms with Crippen LogP contribution in [0.15, 0.2) is 42.5 Å².